The summed E-state index contributed by atoms with van der Waals surface area (Å²) in [5, 5.41) is 13.7. The van der Waals surface area contributed by atoms with Crippen molar-refractivity contribution in [1.82, 2.24) is 25.0 Å². The molecule has 3 N–H and O–H groups in total. The number of hydrogen-bond acceptors (Lipinski definition) is 6. The van der Waals surface area contributed by atoms with E-state index >= 15 is 0 Å². The van der Waals surface area contributed by atoms with Gasteiger partial charge < -0.3 is 14.9 Å². The largest absolute Gasteiger partial charge is 0.483 e. The third-order valence-corrected chi connectivity index (χ3v) is 6.15. The van der Waals surface area contributed by atoms with E-state index in [9.17, 15) is 9.59 Å². The topological polar surface area (TPSA) is 128 Å². The maximum absolute atomic E-state index is 13.1. The molecule has 9 heteroatoms. The van der Waals surface area contributed by atoms with E-state index in [-0.39, 0.29) is 12.2 Å². The predicted octanol–water partition coefficient (Wildman–Crippen LogP) is 3.52. The summed E-state index contributed by atoms with van der Waals surface area (Å²) in [4.78, 5) is 25.2. The van der Waals surface area contributed by atoms with Gasteiger partial charge in [0.05, 0.1) is 11.1 Å². The molecule has 180 valence electrons. The van der Waals surface area contributed by atoms with Crippen molar-refractivity contribution in [2.24, 2.45) is 5.73 Å². The number of aromatic amines is 1. The van der Waals surface area contributed by atoms with Crippen molar-refractivity contribution in [3.05, 3.63) is 101 Å². The van der Waals surface area contributed by atoms with Gasteiger partial charge in [-0.2, -0.15) is 5.21 Å². The number of amides is 1. The highest BCUT2D eigenvalue weighted by atomic mass is 16.5. The fourth-order valence-corrected chi connectivity index (χ4v) is 4.59. The van der Waals surface area contributed by atoms with Gasteiger partial charge in [0.1, 0.15) is 5.75 Å². The number of carbonyl (C=O) groups is 2. The van der Waals surface area contributed by atoms with Crippen LogP contribution in [0.15, 0.2) is 72.9 Å². The summed E-state index contributed by atoms with van der Waals surface area (Å²) in [6.45, 7) is 2.00. The lowest BCUT2D eigenvalue weighted by molar-refractivity contribution is -0.114. The molecule has 3 heterocycles. The van der Waals surface area contributed by atoms with Crippen molar-refractivity contribution in [2.75, 3.05) is 0 Å². The average molecular weight is 481 g/mol. The van der Waals surface area contributed by atoms with Crippen LogP contribution in [0.25, 0.3) is 16.6 Å². The first kappa shape index (κ1) is 23.0. The Bertz CT molecular complexity index is 1540. The number of rotatable bonds is 9. The Labute approximate surface area is 206 Å². The highest BCUT2D eigenvalue weighted by Gasteiger charge is 2.28. The summed E-state index contributed by atoms with van der Waals surface area (Å²) < 4.78 is 7.90. The molecule has 0 aliphatic carbocycles. The monoisotopic (exact) mass is 480 g/mol. The van der Waals surface area contributed by atoms with Gasteiger partial charge in [-0.1, -0.05) is 66.7 Å². The molecule has 0 atom stereocenters. The Morgan fingerprint density at radius 2 is 1.81 bits per heavy atom. The molecule has 0 spiro atoms. The van der Waals surface area contributed by atoms with Crippen LogP contribution in [0.3, 0.4) is 0 Å². The van der Waals surface area contributed by atoms with Crippen LogP contribution in [-0.4, -0.2) is 36.7 Å². The molecule has 3 aromatic heterocycles. The highest BCUT2D eigenvalue weighted by Crippen LogP contribution is 2.35. The van der Waals surface area contributed by atoms with Gasteiger partial charge in [-0.25, -0.2) is 0 Å². The number of Topliss-reactive ketones (excluding diaryl/α,β-unsaturated/α-hetero) is 1. The first-order valence-electron chi connectivity index (χ1n) is 11.6. The molecule has 0 saturated heterocycles. The molecular weight excluding hydrogens is 456 g/mol. The number of pyridine rings is 1. The number of carbonyl (C=O) groups excluding carboxylic acids is 2. The Balaban J connectivity index is 1.68. The molecular formula is C27H24N6O3. The fraction of sp³-hybridized carbons (Fsp3) is 0.148. The zero-order valence-electron chi connectivity index (χ0n) is 19.6. The number of primary amides is 1. The molecule has 9 nitrogen and oxygen atoms in total. The molecule has 5 aromatic rings. The van der Waals surface area contributed by atoms with E-state index in [1.807, 2.05) is 53.9 Å². The zero-order valence-corrected chi connectivity index (χ0v) is 19.6. The molecule has 0 bridgehead atoms. The van der Waals surface area contributed by atoms with Crippen molar-refractivity contribution >= 4 is 17.2 Å². The summed E-state index contributed by atoms with van der Waals surface area (Å²) in [5.74, 6) is -0.979. The van der Waals surface area contributed by atoms with E-state index in [1.54, 1.807) is 6.07 Å². The van der Waals surface area contributed by atoms with E-state index in [1.165, 1.54) is 0 Å². The van der Waals surface area contributed by atoms with Gasteiger partial charge in [0.2, 0.25) is 5.82 Å². The summed E-state index contributed by atoms with van der Waals surface area (Å²) in [5.41, 5.74) is 11.2. The Morgan fingerprint density at radius 3 is 2.53 bits per heavy atom. The molecule has 0 unspecified atom stereocenters. The van der Waals surface area contributed by atoms with Crippen LogP contribution in [0.4, 0.5) is 0 Å². The summed E-state index contributed by atoms with van der Waals surface area (Å²) >= 11 is 0. The molecule has 0 aliphatic rings. The van der Waals surface area contributed by atoms with Gasteiger partial charge >= 0.3 is 0 Å². The van der Waals surface area contributed by atoms with E-state index in [0.29, 0.717) is 29.9 Å². The van der Waals surface area contributed by atoms with Crippen LogP contribution in [0.2, 0.25) is 0 Å². The van der Waals surface area contributed by atoms with Gasteiger partial charge in [-0.15, -0.1) is 10.2 Å². The molecule has 0 aliphatic heterocycles. The van der Waals surface area contributed by atoms with Gasteiger partial charge in [-0.05, 0) is 40.8 Å². The van der Waals surface area contributed by atoms with Gasteiger partial charge in [0.25, 0.3) is 11.7 Å². The Kier molecular flexibility index (Phi) is 6.27. The normalized spacial score (nSPS) is 11.0. The van der Waals surface area contributed by atoms with Crippen molar-refractivity contribution in [2.45, 2.75) is 26.4 Å². The number of ketones is 1. The van der Waals surface area contributed by atoms with Crippen LogP contribution >= 0.6 is 0 Å². The van der Waals surface area contributed by atoms with E-state index in [2.05, 4.69) is 44.9 Å². The number of ether oxygens (including phenoxy) is 1. The molecule has 0 fully saturated rings. The second kappa shape index (κ2) is 9.83. The maximum Gasteiger partial charge on any atom is 0.289 e. The summed E-state index contributed by atoms with van der Waals surface area (Å²) in [7, 11) is 0. The van der Waals surface area contributed by atoms with Crippen molar-refractivity contribution < 1.29 is 14.3 Å². The van der Waals surface area contributed by atoms with Gasteiger partial charge in [0, 0.05) is 18.3 Å². The Hall–Kier alpha value is -4.79. The number of tetrazole rings is 1. The van der Waals surface area contributed by atoms with Crippen molar-refractivity contribution in [1.29, 1.82) is 0 Å². The van der Waals surface area contributed by atoms with Crippen LogP contribution in [0.1, 0.15) is 39.9 Å². The first-order valence-corrected chi connectivity index (χ1v) is 11.6. The highest BCUT2D eigenvalue weighted by molar-refractivity contribution is 6.44. The Morgan fingerprint density at radius 1 is 1.03 bits per heavy atom. The minimum Gasteiger partial charge on any atom is -0.483 e. The third kappa shape index (κ3) is 4.22. The average Bonchev–Trinajstić information content (AvgIpc) is 3.54. The zero-order chi connectivity index (χ0) is 25.1. The van der Waals surface area contributed by atoms with Crippen molar-refractivity contribution in [3.8, 4) is 16.9 Å². The molecule has 0 saturated carbocycles. The van der Waals surface area contributed by atoms with Crippen LogP contribution in [-0.2, 0) is 24.2 Å². The van der Waals surface area contributed by atoms with Crippen LogP contribution < -0.4 is 10.5 Å². The SMILES string of the molecule is CCc1c(C(=O)C(N)=O)c2c(OCc3nn[nH]n3)cccn2c1Cc1ccccc1-c1ccccc1. The molecule has 0 radical (unpaired) electrons. The molecule has 5 rings (SSSR count). The third-order valence-electron chi connectivity index (χ3n) is 6.15. The smallest absolute Gasteiger partial charge is 0.289 e. The minimum atomic E-state index is -1.01. The predicted molar refractivity (Wildman–Crippen MR) is 133 cm³/mol. The van der Waals surface area contributed by atoms with Crippen LogP contribution in [0.5, 0.6) is 5.75 Å². The number of nitrogens with two attached hydrogens (primary N) is 1. The number of aromatic nitrogens is 5. The molecule has 2 aromatic carbocycles. The number of fused-ring (bicyclic) bond motifs is 1. The first-order chi connectivity index (χ1) is 17.6. The summed E-state index contributed by atoms with van der Waals surface area (Å²) in [6, 6.07) is 21.9. The second-order valence-electron chi connectivity index (χ2n) is 8.25. The van der Waals surface area contributed by atoms with E-state index in [4.69, 9.17) is 10.5 Å². The number of hydrogen-bond donors (Lipinski definition) is 2. The number of nitrogens with zero attached hydrogens (tertiary/aromatic N) is 4. The number of benzene rings is 2. The number of nitrogens with one attached hydrogen (secondary N) is 1. The van der Waals surface area contributed by atoms with Crippen LogP contribution in [0, 0.1) is 0 Å². The second-order valence-corrected chi connectivity index (χ2v) is 8.25. The molecule has 1 amide bonds. The maximum atomic E-state index is 13.1. The lowest BCUT2D eigenvalue weighted by Crippen LogP contribution is -2.24. The lowest BCUT2D eigenvalue weighted by atomic mass is 9.94. The van der Waals surface area contributed by atoms with Gasteiger partial charge in [0.15, 0.2) is 6.61 Å². The summed E-state index contributed by atoms with van der Waals surface area (Å²) in [6.07, 6.45) is 2.94. The van der Waals surface area contributed by atoms with E-state index in [0.717, 1.165) is 27.9 Å². The fourth-order valence-electron chi connectivity index (χ4n) is 4.59. The lowest BCUT2D eigenvalue weighted by Gasteiger charge is -2.12. The van der Waals surface area contributed by atoms with Gasteiger partial charge in [-0.3, -0.25) is 9.59 Å². The van der Waals surface area contributed by atoms with E-state index < -0.39 is 11.7 Å². The van der Waals surface area contributed by atoms with Crippen molar-refractivity contribution in [3.63, 3.8) is 0 Å². The number of H-pyrrole nitrogens is 1. The standard InChI is InChI=1S/C27H24N6O3/c1-2-19-21(15-18-11-6-7-12-20(18)17-9-4-3-5-10-17)33-14-8-13-22(36-16-23-29-31-32-30-23)25(33)24(19)26(34)27(28)35/h3-14H,2,15-16H2,1H3,(H2,28,35)(H,29,30,31,32). The molecule has 36 heavy (non-hydrogen) atoms. The minimum absolute atomic E-state index is 0.0409. The quantitative estimate of drug-likeness (QED) is 0.245.